The van der Waals surface area contributed by atoms with E-state index in [9.17, 15) is 4.79 Å². The highest BCUT2D eigenvalue weighted by Gasteiger charge is 2.39. The summed E-state index contributed by atoms with van der Waals surface area (Å²) in [4.78, 5) is 18.7. The van der Waals surface area contributed by atoms with Gasteiger partial charge in [0.05, 0.1) is 6.61 Å². The van der Waals surface area contributed by atoms with Crippen molar-refractivity contribution in [3.05, 3.63) is 42.1 Å². The molecule has 1 amide bonds. The van der Waals surface area contributed by atoms with E-state index in [1.165, 1.54) is 18.4 Å². The second-order valence-electron chi connectivity index (χ2n) is 6.01. The van der Waals surface area contributed by atoms with E-state index in [0.717, 1.165) is 23.8 Å². The van der Waals surface area contributed by atoms with E-state index >= 15 is 0 Å². The molecule has 2 bridgehead atoms. The summed E-state index contributed by atoms with van der Waals surface area (Å²) >= 11 is 1.50. The Balaban J connectivity index is 1.35. The number of rotatable bonds is 4. The summed E-state index contributed by atoms with van der Waals surface area (Å²) in [5, 5.41) is 6.63. The van der Waals surface area contributed by atoms with Gasteiger partial charge in [-0.1, -0.05) is 0 Å². The molecule has 4 rings (SSSR count). The van der Waals surface area contributed by atoms with Gasteiger partial charge < -0.3 is 10.6 Å². The molecule has 3 aliphatic rings. The maximum absolute atomic E-state index is 12.3. The van der Waals surface area contributed by atoms with Crippen LogP contribution in [0.25, 0.3) is 0 Å². The van der Waals surface area contributed by atoms with Crippen molar-refractivity contribution in [1.29, 1.82) is 0 Å². The van der Waals surface area contributed by atoms with Gasteiger partial charge in [0, 0.05) is 40.7 Å². The molecule has 6 heteroatoms. The molecule has 2 N–H and O–H groups in total. The summed E-state index contributed by atoms with van der Waals surface area (Å²) in [6, 6.07) is 8.39. The molecule has 5 nitrogen and oxygen atoms in total. The Labute approximate surface area is 134 Å². The number of piperidine rings is 1. The van der Waals surface area contributed by atoms with Crippen LogP contribution in [0.15, 0.2) is 41.4 Å². The quantitative estimate of drug-likeness (QED) is 0.831. The molecule has 116 valence electrons. The number of carbonyl (C=O) groups is 1. The van der Waals surface area contributed by atoms with Gasteiger partial charge in [-0.05, 0) is 55.6 Å². The number of nitrogens with zero attached hydrogens (tertiary/aromatic N) is 1. The number of amides is 1. The SMILES string of the molecule is O=C(NC1CC2CNC1C2)c1ccc(SN2C=CCO2)cc1. The van der Waals surface area contributed by atoms with Crippen LogP contribution in [0.4, 0.5) is 0 Å². The third-order valence-corrected chi connectivity index (χ3v) is 5.37. The molecule has 1 aromatic carbocycles. The van der Waals surface area contributed by atoms with Gasteiger partial charge in [-0.2, -0.15) is 4.47 Å². The summed E-state index contributed by atoms with van der Waals surface area (Å²) in [5.41, 5.74) is 0.713. The number of fused-ring (bicyclic) bond motifs is 2. The predicted molar refractivity (Wildman–Crippen MR) is 85.0 cm³/mol. The zero-order valence-electron chi connectivity index (χ0n) is 12.2. The smallest absolute Gasteiger partial charge is 0.251 e. The molecule has 3 atom stereocenters. The first kappa shape index (κ1) is 14.1. The molecular formula is C16H19N3O2S. The van der Waals surface area contributed by atoms with Crippen molar-refractivity contribution >= 4 is 17.9 Å². The first-order valence-corrected chi connectivity index (χ1v) is 8.46. The third kappa shape index (κ3) is 2.86. The average molecular weight is 317 g/mol. The first-order valence-electron chi connectivity index (χ1n) is 7.69. The lowest BCUT2D eigenvalue weighted by molar-refractivity contribution is -0.000393. The molecule has 0 aromatic heterocycles. The maximum Gasteiger partial charge on any atom is 0.251 e. The van der Waals surface area contributed by atoms with Crippen LogP contribution in [0, 0.1) is 5.92 Å². The number of carbonyl (C=O) groups excluding carboxylic acids is 1. The Kier molecular flexibility index (Phi) is 3.82. The van der Waals surface area contributed by atoms with Crippen molar-refractivity contribution in [1.82, 2.24) is 15.1 Å². The summed E-state index contributed by atoms with van der Waals surface area (Å²) in [5.74, 6) is 0.760. The van der Waals surface area contributed by atoms with E-state index in [1.54, 1.807) is 4.47 Å². The van der Waals surface area contributed by atoms with Crippen LogP contribution in [0.5, 0.6) is 0 Å². The van der Waals surface area contributed by atoms with Gasteiger partial charge in [0.1, 0.15) is 0 Å². The molecule has 2 heterocycles. The number of benzene rings is 1. The molecule has 0 spiro atoms. The molecule has 1 aliphatic carbocycles. The van der Waals surface area contributed by atoms with Crippen molar-refractivity contribution in [2.24, 2.45) is 5.92 Å². The third-order valence-electron chi connectivity index (χ3n) is 4.48. The zero-order valence-corrected chi connectivity index (χ0v) is 13.0. The topological polar surface area (TPSA) is 53.6 Å². The van der Waals surface area contributed by atoms with Gasteiger partial charge in [-0.25, -0.2) is 0 Å². The van der Waals surface area contributed by atoms with Crippen LogP contribution in [-0.4, -0.2) is 35.6 Å². The Hall–Kier alpha value is -1.50. The first-order chi connectivity index (χ1) is 10.8. The molecule has 1 aromatic rings. The van der Waals surface area contributed by atoms with Gasteiger partial charge in [-0.3, -0.25) is 9.63 Å². The van der Waals surface area contributed by atoms with Crippen molar-refractivity contribution in [3.8, 4) is 0 Å². The van der Waals surface area contributed by atoms with E-state index in [0.29, 0.717) is 18.2 Å². The van der Waals surface area contributed by atoms with Gasteiger partial charge >= 0.3 is 0 Å². The predicted octanol–water partition coefficient (Wildman–Crippen LogP) is 1.93. The molecule has 0 radical (unpaired) electrons. The monoisotopic (exact) mass is 317 g/mol. The molecule has 22 heavy (non-hydrogen) atoms. The fourth-order valence-corrected chi connectivity index (χ4v) is 4.11. The number of nitrogens with one attached hydrogen (secondary N) is 2. The standard InChI is InChI=1S/C16H19N3O2S/c20-16(18-15-9-11-8-14(15)17-10-11)12-2-4-13(5-3-12)22-19-6-1-7-21-19/h1-6,11,14-15,17H,7-10H2,(H,18,20). The Morgan fingerprint density at radius 1 is 1.32 bits per heavy atom. The lowest BCUT2D eigenvalue weighted by atomic mass is 10.1. The number of hydrogen-bond donors (Lipinski definition) is 2. The summed E-state index contributed by atoms with van der Waals surface area (Å²) in [6.45, 7) is 1.72. The molecule has 3 unspecified atom stereocenters. The van der Waals surface area contributed by atoms with Crippen LogP contribution < -0.4 is 10.6 Å². The second kappa shape index (κ2) is 5.95. The Bertz CT molecular complexity index is 590. The zero-order chi connectivity index (χ0) is 14.9. The van der Waals surface area contributed by atoms with Crippen molar-refractivity contribution in [2.75, 3.05) is 13.2 Å². The number of hydrogen-bond acceptors (Lipinski definition) is 5. The minimum atomic E-state index is 0.0215. The summed E-state index contributed by atoms with van der Waals surface area (Å²) < 4.78 is 1.72. The lowest BCUT2D eigenvalue weighted by Crippen LogP contribution is -2.47. The van der Waals surface area contributed by atoms with Crippen molar-refractivity contribution in [3.63, 3.8) is 0 Å². The molecular weight excluding hydrogens is 298 g/mol. The highest BCUT2D eigenvalue weighted by molar-refractivity contribution is 7.97. The van der Waals surface area contributed by atoms with Gasteiger partial charge in [-0.15, -0.1) is 0 Å². The van der Waals surface area contributed by atoms with E-state index < -0.39 is 0 Å². The van der Waals surface area contributed by atoms with Crippen LogP contribution in [0.1, 0.15) is 23.2 Å². The maximum atomic E-state index is 12.3. The average Bonchev–Trinajstić information content (AvgIpc) is 3.25. The second-order valence-corrected chi connectivity index (χ2v) is 7.03. The highest BCUT2D eigenvalue weighted by Crippen LogP contribution is 2.31. The largest absolute Gasteiger partial charge is 0.348 e. The normalized spacial score (nSPS) is 29.3. The van der Waals surface area contributed by atoms with Crippen LogP contribution in [0.2, 0.25) is 0 Å². The van der Waals surface area contributed by atoms with Crippen molar-refractivity contribution < 1.29 is 9.63 Å². The minimum Gasteiger partial charge on any atom is -0.348 e. The van der Waals surface area contributed by atoms with Crippen LogP contribution in [0.3, 0.4) is 0 Å². The summed E-state index contributed by atoms with van der Waals surface area (Å²) in [6.07, 6.45) is 6.16. The van der Waals surface area contributed by atoms with E-state index in [2.05, 4.69) is 10.6 Å². The van der Waals surface area contributed by atoms with E-state index in [4.69, 9.17) is 4.84 Å². The van der Waals surface area contributed by atoms with Crippen molar-refractivity contribution in [2.45, 2.75) is 29.8 Å². The van der Waals surface area contributed by atoms with Crippen LogP contribution in [-0.2, 0) is 4.84 Å². The molecule has 1 saturated heterocycles. The molecule has 1 saturated carbocycles. The highest BCUT2D eigenvalue weighted by atomic mass is 32.2. The Morgan fingerprint density at radius 2 is 2.18 bits per heavy atom. The van der Waals surface area contributed by atoms with Gasteiger partial charge in [0.15, 0.2) is 0 Å². The lowest BCUT2D eigenvalue weighted by Gasteiger charge is -2.24. The molecule has 2 fully saturated rings. The van der Waals surface area contributed by atoms with E-state index in [-0.39, 0.29) is 11.9 Å². The van der Waals surface area contributed by atoms with E-state index in [1.807, 2.05) is 36.5 Å². The van der Waals surface area contributed by atoms with Gasteiger partial charge in [0.25, 0.3) is 5.91 Å². The summed E-state index contributed by atoms with van der Waals surface area (Å²) in [7, 11) is 0. The van der Waals surface area contributed by atoms with Gasteiger partial charge in [0.2, 0.25) is 0 Å². The fraction of sp³-hybridized carbons (Fsp3) is 0.438. The van der Waals surface area contributed by atoms with Crippen LogP contribution >= 0.6 is 11.9 Å². The molecule has 2 aliphatic heterocycles. The minimum absolute atomic E-state index is 0.0215. The fourth-order valence-electron chi connectivity index (χ4n) is 3.38. The Morgan fingerprint density at radius 3 is 2.82 bits per heavy atom. The number of hydroxylamine groups is 1.